The van der Waals surface area contributed by atoms with Crippen LogP contribution in [0.5, 0.6) is 11.5 Å². The lowest BCUT2D eigenvalue weighted by atomic mass is 10.1. The van der Waals surface area contributed by atoms with Gasteiger partial charge in [-0.25, -0.2) is 9.18 Å². The minimum absolute atomic E-state index is 0.0471. The number of ether oxygens (including phenoxy) is 1. The molecule has 1 saturated heterocycles. The Bertz CT molecular complexity index is 879. The van der Waals surface area contributed by atoms with E-state index in [-0.39, 0.29) is 23.6 Å². The van der Waals surface area contributed by atoms with Crippen LogP contribution < -0.4 is 10.1 Å². The zero-order chi connectivity index (χ0) is 18.0. The van der Waals surface area contributed by atoms with Crippen LogP contribution in [0.2, 0.25) is 0 Å². The molecule has 0 spiro atoms. The third-order valence-corrected chi connectivity index (χ3v) is 3.76. The summed E-state index contributed by atoms with van der Waals surface area (Å²) in [5.74, 6) is -0.842. The van der Waals surface area contributed by atoms with Gasteiger partial charge in [0.15, 0.2) is 11.5 Å². The van der Waals surface area contributed by atoms with Gasteiger partial charge < -0.3 is 15.2 Å². The first-order valence-electron chi connectivity index (χ1n) is 7.44. The number of phenolic OH excluding ortho intramolecular Hbond substituents is 1. The van der Waals surface area contributed by atoms with E-state index in [0.29, 0.717) is 11.3 Å². The van der Waals surface area contributed by atoms with Crippen molar-refractivity contribution in [3.05, 3.63) is 65.1 Å². The lowest BCUT2D eigenvalue weighted by Crippen LogP contribution is -2.30. The molecule has 2 N–H and O–H groups in total. The molecule has 2 aromatic carbocycles. The van der Waals surface area contributed by atoms with Gasteiger partial charge in [0.25, 0.3) is 5.91 Å². The monoisotopic (exact) mass is 342 g/mol. The number of methoxy groups -OCH3 is 1. The van der Waals surface area contributed by atoms with Crippen LogP contribution in [-0.2, 0) is 11.3 Å². The number of rotatable bonds is 4. The van der Waals surface area contributed by atoms with E-state index in [1.165, 1.54) is 37.5 Å². The normalized spacial score (nSPS) is 15.6. The standard InChI is InChI=1S/C18H15FN2O4/c1-25-16-7-6-11(9-15(16)22)8-14-17(23)21(18(24)20-14)10-12-4-2-3-5-13(12)19/h2-9,22H,10H2,1H3,(H,20,24)/b14-8-. The molecule has 0 radical (unpaired) electrons. The minimum atomic E-state index is -0.628. The fraction of sp³-hybridized carbons (Fsp3) is 0.111. The number of carbonyl (C=O) groups excluding carboxylic acids is 2. The number of aromatic hydroxyl groups is 1. The molecular weight excluding hydrogens is 327 g/mol. The number of halogens is 1. The number of urea groups is 1. The molecule has 0 atom stereocenters. The highest BCUT2D eigenvalue weighted by atomic mass is 19.1. The molecule has 1 heterocycles. The Kier molecular flexibility index (Phi) is 4.38. The van der Waals surface area contributed by atoms with Crippen LogP contribution in [0.1, 0.15) is 11.1 Å². The zero-order valence-corrected chi connectivity index (χ0v) is 13.3. The first kappa shape index (κ1) is 16.5. The topological polar surface area (TPSA) is 78.9 Å². The Hall–Kier alpha value is -3.35. The lowest BCUT2D eigenvalue weighted by Gasteiger charge is -2.12. The second-order valence-corrected chi connectivity index (χ2v) is 5.40. The smallest absolute Gasteiger partial charge is 0.329 e. The molecule has 0 aromatic heterocycles. The molecule has 0 aliphatic carbocycles. The highest BCUT2D eigenvalue weighted by Crippen LogP contribution is 2.27. The van der Waals surface area contributed by atoms with Gasteiger partial charge in [-0.3, -0.25) is 9.69 Å². The number of benzene rings is 2. The maximum absolute atomic E-state index is 13.7. The molecule has 7 heteroatoms. The third kappa shape index (κ3) is 3.30. The number of nitrogens with one attached hydrogen (secondary N) is 1. The summed E-state index contributed by atoms with van der Waals surface area (Å²) in [4.78, 5) is 25.4. The predicted molar refractivity (Wildman–Crippen MR) is 88.1 cm³/mol. The summed E-state index contributed by atoms with van der Waals surface area (Å²) >= 11 is 0. The molecular formula is C18H15FN2O4. The molecule has 0 saturated carbocycles. The molecule has 0 bridgehead atoms. The minimum Gasteiger partial charge on any atom is -0.504 e. The van der Waals surface area contributed by atoms with Crippen molar-refractivity contribution in [3.8, 4) is 11.5 Å². The highest BCUT2D eigenvalue weighted by Gasteiger charge is 2.33. The lowest BCUT2D eigenvalue weighted by molar-refractivity contribution is -0.123. The summed E-state index contributed by atoms with van der Waals surface area (Å²) in [6.07, 6.45) is 1.43. The Morgan fingerprint density at radius 2 is 2.00 bits per heavy atom. The molecule has 0 unspecified atom stereocenters. The fourth-order valence-electron chi connectivity index (χ4n) is 2.48. The number of amides is 3. The quantitative estimate of drug-likeness (QED) is 0.661. The summed E-state index contributed by atoms with van der Waals surface area (Å²) in [7, 11) is 1.43. The molecule has 1 aliphatic rings. The van der Waals surface area contributed by atoms with Gasteiger partial charge in [0, 0.05) is 5.56 Å². The van der Waals surface area contributed by atoms with Crippen molar-refractivity contribution < 1.29 is 23.8 Å². The summed E-state index contributed by atoms with van der Waals surface area (Å²) in [6, 6.07) is 9.90. The van der Waals surface area contributed by atoms with Gasteiger partial charge in [0.1, 0.15) is 11.5 Å². The summed E-state index contributed by atoms with van der Waals surface area (Å²) in [5, 5.41) is 12.2. The van der Waals surface area contributed by atoms with Crippen LogP contribution in [0, 0.1) is 5.82 Å². The van der Waals surface area contributed by atoms with Crippen molar-refractivity contribution in [2.45, 2.75) is 6.54 Å². The molecule has 1 fully saturated rings. The maximum Gasteiger partial charge on any atom is 0.329 e. The number of carbonyl (C=O) groups is 2. The molecule has 6 nitrogen and oxygen atoms in total. The SMILES string of the molecule is COc1ccc(/C=C2\NC(=O)N(Cc3ccccc3F)C2=O)cc1O. The van der Waals surface area contributed by atoms with Crippen LogP contribution in [0.4, 0.5) is 9.18 Å². The van der Waals surface area contributed by atoms with Crippen LogP contribution >= 0.6 is 0 Å². The van der Waals surface area contributed by atoms with Crippen molar-refractivity contribution in [3.63, 3.8) is 0 Å². The predicted octanol–water partition coefficient (Wildman–Crippen LogP) is 2.63. The van der Waals surface area contributed by atoms with Crippen molar-refractivity contribution in [2.24, 2.45) is 0 Å². The first-order valence-corrected chi connectivity index (χ1v) is 7.44. The van der Waals surface area contributed by atoms with E-state index in [0.717, 1.165) is 4.90 Å². The summed E-state index contributed by atoms with van der Waals surface area (Å²) in [6.45, 7) is -0.164. The Morgan fingerprint density at radius 1 is 1.24 bits per heavy atom. The average Bonchev–Trinajstić information content (AvgIpc) is 2.84. The average molecular weight is 342 g/mol. The van der Waals surface area contributed by atoms with Crippen molar-refractivity contribution in [2.75, 3.05) is 7.11 Å². The Balaban J connectivity index is 1.83. The van der Waals surface area contributed by atoms with E-state index in [1.54, 1.807) is 18.2 Å². The second kappa shape index (κ2) is 6.64. The highest BCUT2D eigenvalue weighted by molar-refractivity contribution is 6.13. The fourth-order valence-corrected chi connectivity index (χ4v) is 2.48. The molecule has 2 aromatic rings. The number of nitrogens with zero attached hydrogens (tertiary/aromatic N) is 1. The van der Waals surface area contributed by atoms with E-state index in [9.17, 15) is 19.1 Å². The van der Waals surface area contributed by atoms with Gasteiger partial charge in [0.2, 0.25) is 0 Å². The Morgan fingerprint density at radius 3 is 2.68 bits per heavy atom. The van der Waals surface area contributed by atoms with E-state index < -0.39 is 17.8 Å². The van der Waals surface area contributed by atoms with Crippen LogP contribution in [0.3, 0.4) is 0 Å². The van der Waals surface area contributed by atoms with Gasteiger partial charge in [-0.05, 0) is 29.8 Å². The molecule has 1 aliphatic heterocycles. The zero-order valence-electron chi connectivity index (χ0n) is 13.3. The van der Waals surface area contributed by atoms with Crippen molar-refractivity contribution >= 4 is 18.0 Å². The number of phenols is 1. The number of hydrogen-bond donors (Lipinski definition) is 2. The van der Waals surface area contributed by atoms with Gasteiger partial charge >= 0.3 is 6.03 Å². The third-order valence-electron chi connectivity index (χ3n) is 3.76. The molecule has 25 heavy (non-hydrogen) atoms. The van der Waals surface area contributed by atoms with Crippen LogP contribution in [0.25, 0.3) is 6.08 Å². The van der Waals surface area contributed by atoms with Crippen LogP contribution in [-0.4, -0.2) is 29.1 Å². The molecule has 3 amide bonds. The van der Waals surface area contributed by atoms with Gasteiger partial charge in [0.05, 0.1) is 13.7 Å². The van der Waals surface area contributed by atoms with Crippen LogP contribution in [0.15, 0.2) is 48.2 Å². The second-order valence-electron chi connectivity index (χ2n) is 5.40. The van der Waals surface area contributed by atoms with Gasteiger partial charge in [-0.1, -0.05) is 24.3 Å². The van der Waals surface area contributed by atoms with Crippen molar-refractivity contribution in [1.82, 2.24) is 10.2 Å². The maximum atomic E-state index is 13.7. The summed E-state index contributed by atoms with van der Waals surface area (Å²) in [5.41, 5.74) is 0.801. The number of imide groups is 1. The van der Waals surface area contributed by atoms with Gasteiger partial charge in [-0.15, -0.1) is 0 Å². The van der Waals surface area contributed by atoms with Crippen molar-refractivity contribution in [1.29, 1.82) is 0 Å². The summed E-state index contributed by atoms with van der Waals surface area (Å²) < 4.78 is 18.7. The van der Waals surface area contributed by atoms with Gasteiger partial charge in [-0.2, -0.15) is 0 Å². The largest absolute Gasteiger partial charge is 0.504 e. The Labute approximate surface area is 143 Å². The van der Waals surface area contributed by atoms with E-state index in [1.807, 2.05) is 0 Å². The first-order chi connectivity index (χ1) is 12.0. The van der Waals surface area contributed by atoms with E-state index >= 15 is 0 Å². The van der Waals surface area contributed by atoms with E-state index in [4.69, 9.17) is 4.74 Å². The molecule has 3 rings (SSSR count). The molecule has 128 valence electrons. The van der Waals surface area contributed by atoms with E-state index in [2.05, 4.69) is 5.32 Å². The number of hydrogen-bond acceptors (Lipinski definition) is 4.